The Kier molecular flexibility index (Phi) is 4.48. The minimum Gasteiger partial charge on any atom is -0.330 e. The smallest absolute Gasteiger partial charge is 0.140 e. The normalized spacial score (nSPS) is 10.4. The van der Waals surface area contributed by atoms with E-state index in [1.54, 1.807) is 17.8 Å². The van der Waals surface area contributed by atoms with Gasteiger partial charge in [-0.25, -0.2) is 9.97 Å². The Balaban J connectivity index is 2.56. The summed E-state index contributed by atoms with van der Waals surface area (Å²) in [5.41, 5.74) is 6.27. The van der Waals surface area contributed by atoms with Crippen molar-refractivity contribution in [2.75, 3.05) is 12.3 Å². The number of nitrogens with two attached hydrogens (primary N) is 1. The van der Waals surface area contributed by atoms with Gasteiger partial charge in [0.15, 0.2) is 0 Å². The third kappa shape index (κ3) is 3.93. The van der Waals surface area contributed by atoms with E-state index in [2.05, 4.69) is 9.97 Å². The van der Waals surface area contributed by atoms with E-state index < -0.39 is 0 Å². The van der Waals surface area contributed by atoms with E-state index in [4.69, 9.17) is 17.3 Å². The highest BCUT2D eigenvalue weighted by Crippen LogP contribution is 2.11. The Labute approximate surface area is 87.1 Å². The molecule has 0 aromatic carbocycles. The van der Waals surface area contributed by atoms with Gasteiger partial charge in [0.25, 0.3) is 0 Å². The lowest BCUT2D eigenvalue weighted by atomic mass is 10.4. The summed E-state index contributed by atoms with van der Waals surface area (Å²) >= 11 is 7.49. The van der Waals surface area contributed by atoms with Crippen molar-refractivity contribution in [1.82, 2.24) is 9.97 Å². The van der Waals surface area contributed by atoms with Crippen molar-refractivity contribution in [2.24, 2.45) is 5.73 Å². The van der Waals surface area contributed by atoms with Crippen molar-refractivity contribution in [3.05, 3.63) is 22.7 Å². The van der Waals surface area contributed by atoms with E-state index in [1.807, 2.05) is 6.92 Å². The third-order valence-electron chi connectivity index (χ3n) is 1.36. The highest BCUT2D eigenvalue weighted by Gasteiger charge is 1.99. The van der Waals surface area contributed by atoms with Gasteiger partial charge in [-0.15, -0.1) is 0 Å². The maximum Gasteiger partial charge on any atom is 0.140 e. The van der Waals surface area contributed by atoms with Gasteiger partial charge in [0, 0.05) is 18.0 Å². The van der Waals surface area contributed by atoms with E-state index in [9.17, 15) is 0 Å². The first kappa shape index (κ1) is 10.8. The Morgan fingerprint density at radius 3 is 2.92 bits per heavy atom. The molecule has 2 N–H and O–H groups in total. The first-order chi connectivity index (χ1) is 6.22. The first-order valence-electron chi connectivity index (χ1n) is 4.00. The van der Waals surface area contributed by atoms with Gasteiger partial charge in [0.05, 0.1) is 5.75 Å². The number of hydrogen-bond donors (Lipinski definition) is 1. The maximum atomic E-state index is 5.78. The molecular weight excluding hydrogens is 206 g/mol. The molecule has 0 saturated carbocycles. The molecule has 0 unspecified atom stereocenters. The van der Waals surface area contributed by atoms with E-state index in [-0.39, 0.29) is 0 Å². The topological polar surface area (TPSA) is 51.8 Å². The fourth-order valence-corrected chi connectivity index (χ4v) is 1.78. The second-order valence-electron chi connectivity index (χ2n) is 2.59. The number of aryl methyl sites for hydroxylation is 1. The Bertz CT molecular complexity index is 260. The van der Waals surface area contributed by atoms with E-state index in [0.29, 0.717) is 11.7 Å². The number of halogens is 1. The molecule has 0 radical (unpaired) electrons. The third-order valence-corrected chi connectivity index (χ3v) is 2.54. The zero-order valence-electron chi connectivity index (χ0n) is 7.46. The lowest BCUT2D eigenvalue weighted by Crippen LogP contribution is -2.02. The summed E-state index contributed by atoms with van der Waals surface area (Å²) in [6.45, 7) is 2.59. The molecule has 0 fully saturated rings. The highest BCUT2D eigenvalue weighted by molar-refractivity contribution is 7.98. The van der Waals surface area contributed by atoms with Crippen molar-refractivity contribution < 1.29 is 0 Å². The maximum absolute atomic E-state index is 5.78. The van der Waals surface area contributed by atoms with Crippen molar-refractivity contribution in [2.45, 2.75) is 12.7 Å². The second-order valence-corrected chi connectivity index (χ2v) is 4.08. The fraction of sp³-hybridized carbons (Fsp3) is 0.500. The number of nitrogens with zero attached hydrogens (tertiary/aromatic N) is 2. The van der Waals surface area contributed by atoms with Crippen LogP contribution in [0.15, 0.2) is 6.07 Å². The number of thioether (sulfide) groups is 1. The molecule has 13 heavy (non-hydrogen) atoms. The molecule has 1 rings (SSSR count). The lowest BCUT2D eigenvalue weighted by Gasteiger charge is -2.00. The molecule has 0 saturated heterocycles. The molecule has 72 valence electrons. The Morgan fingerprint density at radius 1 is 1.54 bits per heavy atom. The van der Waals surface area contributed by atoms with Crippen molar-refractivity contribution >= 4 is 23.4 Å². The molecule has 5 heteroatoms. The van der Waals surface area contributed by atoms with Gasteiger partial charge in [-0.2, -0.15) is 11.8 Å². The molecule has 1 heterocycles. The van der Waals surface area contributed by atoms with Crippen LogP contribution in [0.25, 0.3) is 0 Å². The molecule has 0 aliphatic heterocycles. The van der Waals surface area contributed by atoms with Crippen LogP contribution in [0.4, 0.5) is 0 Å². The zero-order valence-corrected chi connectivity index (χ0v) is 9.03. The average Bonchev–Trinajstić information content (AvgIpc) is 2.03. The van der Waals surface area contributed by atoms with Crippen LogP contribution < -0.4 is 5.73 Å². The van der Waals surface area contributed by atoms with Gasteiger partial charge < -0.3 is 5.73 Å². The van der Waals surface area contributed by atoms with Crippen LogP contribution in [0, 0.1) is 6.92 Å². The van der Waals surface area contributed by atoms with Crippen LogP contribution in [0.5, 0.6) is 0 Å². The zero-order chi connectivity index (χ0) is 9.68. The van der Waals surface area contributed by atoms with Crippen LogP contribution in [0.3, 0.4) is 0 Å². The van der Waals surface area contributed by atoms with Crippen LogP contribution >= 0.6 is 23.4 Å². The molecule has 0 aliphatic carbocycles. The monoisotopic (exact) mass is 217 g/mol. The number of aromatic nitrogens is 2. The van der Waals surface area contributed by atoms with Gasteiger partial charge in [0.1, 0.15) is 11.0 Å². The molecule has 0 aliphatic rings. The van der Waals surface area contributed by atoms with Crippen LogP contribution in [-0.2, 0) is 5.75 Å². The van der Waals surface area contributed by atoms with Gasteiger partial charge in [-0.05, 0) is 13.0 Å². The largest absolute Gasteiger partial charge is 0.330 e. The molecule has 0 spiro atoms. The summed E-state index contributed by atoms with van der Waals surface area (Å²) in [5, 5.41) is 0.510. The highest BCUT2D eigenvalue weighted by atomic mass is 35.5. The number of rotatable bonds is 4. The van der Waals surface area contributed by atoms with E-state index >= 15 is 0 Å². The van der Waals surface area contributed by atoms with Crippen molar-refractivity contribution in [3.8, 4) is 0 Å². The minimum atomic E-state index is 0.510. The van der Waals surface area contributed by atoms with Gasteiger partial charge in [0.2, 0.25) is 0 Å². The predicted octanol–water partition coefficient (Wildman–Crippen LogP) is 1.63. The molecule has 3 nitrogen and oxygen atoms in total. The van der Waals surface area contributed by atoms with E-state index in [1.165, 1.54) is 0 Å². The van der Waals surface area contributed by atoms with Crippen molar-refractivity contribution in [3.63, 3.8) is 0 Å². The molecule has 1 aromatic rings. The quantitative estimate of drug-likeness (QED) is 0.615. The second kappa shape index (κ2) is 5.42. The van der Waals surface area contributed by atoms with Crippen molar-refractivity contribution in [1.29, 1.82) is 0 Å². The molecule has 0 bridgehead atoms. The fourth-order valence-electron chi connectivity index (χ4n) is 0.900. The lowest BCUT2D eigenvalue weighted by molar-refractivity contribution is 0.994. The van der Waals surface area contributed by atoms with Crippen LogP contribution in [-0.4, -0.2) is 22.3 Å². The summed E-state index contributed by atoms with van der Waals surface area (Å²) < 4.78 is 0. The summed E-state index contributed by atoms with van der Waals surface area (Å²) in [6, 6.07) is 1.75. The molecule has 1 aromatic heterocycles. The SMILES string of the molecule is Cc1cc(Cl)nc(CSCCN)n1. The first-order valence-corrected chi connectivity index (χ1v) is 5.53. The van der Waals surface area contributed by atoms with Crippen LogP contribution in [0.2, 0.25) is 5.15 Å². The summed E-state index contributed by atoms with van der Waals surface area (Å²) in [5.74, 6) is 2.48. The summed E-state index contributed by atoms with van der Waals surface area (Å²) in [6.07, 6.45) is 0. The average molecular weight is 218 g/mol. The summed E-state index contributed by atoms with van der Waals surface area (Å²) in [7, 11) is 0. The molecule has 0 atom stereocenters. The number of hydrogen-bond acceptors (Lipinski definition) is 4. The Morgan fingerprint density at radius 2 is 2.31 bits per heavy atom. The summed E-state index contributed by atoms with van der Waals surface area (Å²) in [4.78, 5) is 8.35. The van der Waals surface area contributed by atoms with Crippen LogP contribution in [0.1, 0.15) is 11.5 Å². The standard InChI is InChI=1S/C8H12ClN3S/c1-6-4-7(9)12-8(11-6)5-13-3-2-10/h4H,2-3,5,10H2,1H3. The predicted molar refractivity (Wildman–Crippen MR) is 57.0 cm³/mol. The van der Waals surface area contributed by atoms with Gasteiger partial charge in [-0.3, -0.25) is 0 Å². The molecule has 0 amide bonds. The van der Waals surface area contributed by atoms with Gasteiger partial charge in [-0.1, -0.05) is 11.6 Å². The van der Waals surface area contributed by atoms with E-state index in [0.717, 1.165) is 23.0 Å². The Hall–Kier alpha value is -0.320. The molecular formula is C8H12ClN3S. The minimum absolute atomic E-state index is 0.510. The van der Waals surface area contributed by atoms with Gasteiger partial charge >= 0.3 is 0 Å².